The summed E-state index contributed by atoms with van der Waals surface area (Å²) in [5, 5.41) is 8.12. The number of esters is 1. The molecule has 0 unspecified atom stereocenters. The highest BCUT2D eigenvalue weighted by atomic mass is 17.2. The van der Waals surface area contributed by atoms with Crippen LogP contribution in [0.3, 0.4) is 0 Å². The molecule has 0 aromatic carbocycles. The number of carbonyl (C=O) groups is 2. The van der Waals surface area contributed by atoms with Gasteiger partial charge in [0.2, 0.25) is 6.79 Å². The van der Waals surface area contributed by atoms with Gasteiger partial charge in [0.25, 0.3) is 0 Å². The van der Waals surface area contributed by atoms with Crippen molar-refractivity contribution in [2.24, 2.45) is 0 Å². The van der Waals surface area contributed by atoms with Crippen LogP contribution in [0.4, 0.5) is 4.79 Å². The van der Waals surface area contributed by atoms with E-state index < -0.39 is 24.5 Å². The third-order valence-electron chi connectivity index (χ3n) is 1.22. The minimum atomic E-state index is -1.52. The van der Waals surface area contributed by atoms with Crippen molar-refractivity contribution in [3.63, 3.8) is 0 Å². The third kappa shape index (κ3) is 9.19. The fourth-order valence-electron chi connectivity index (χ4n) is 0.536. The highest BCUT2D eigenvalue weighted by Gasteiger charge is 2.12. The zero-order valence-electron chi connectivity index (χ0n) is 10.2. The summed E-state index contributed by atoms with van der Waals surface area (Å²) in [5.74, 6) is -0.760. The van der Waals surface area contributed by atoms with Gasteiger partial charge >= 0.3 is 12.1 Å². The number of carboxylic acid groups (broad SMARTS) is 1. The fourth-order valence-corrected chi connectivity index (χ4v) is 0.536. The summed E-state index contributed by atoms with van der Waals surface area (Å²) >= 11 is 0. The SMILES string of the molecule is CC(=COOC(C)(C)C)C(=O)OCOC(=O)O. The van der Waals surface area contributed by atoms with Crippen molar-refractivity contribution in [2.45, 2.75) is 33.3 Å². The summed E-state index contributed by atoms with van der Waals surface area (Å²) in [6.07, 6.45) is -0.458. The summed E-state index contributed by atoms with van der Waals surface area (Å²) in [4.78, 5) is 30.7. The van der Waals surface area contributed by atoms with Gasteiger partial charge in [-0.05, 0) is 27.7 Å². The van der Waals surface area contributed by atoms with Crippen LogP contribution in [0.2, 0.25) is 0 Å². The topological polar surface area (TPSA) is 91.3 Å². The highest BCUT2D eigenvalue weighted by molar-refractivity contribution is 5.87. The maximum absolute atomic E-state index is 11.2. The van der Waals surface area contributed by atoms with Gasteiger partial charge in [0, 0.05) is 0 Å². The second-order valence-electron chi connectivity index (χ2n) is 4.05. The molecule has 0 atom stereocenters. The van der Waals surface area contributed by atoms with Gasteiger partial charge < -0.3 is 19.5 Å². The van der Waals surface area contributed by atoms with Crippen molar-refractivity contribution in [2.75, 3.05) is 6.79 Å². The van der Waals surface area contributed by atoms with E-state index in [-0.39, 0.29) is 5.57 Å². The Morgan fingerprint density at radius 3 is 2.29 bits per heavy atom. The summed E-state index contributed by atoms with van der Waals surface area (Å²) < 4.78 is 8.45. The molecule has 0 heterocycles. The quantitative estimate of drug-likeness (QED) is 0.198. The minimum Gasteiger partial charge on any atom is -0.450 e. The lowest BCUT2D eigenvalue weighted by Crippen LogP contribution is -2.18. The lowest BCUT2D eigenvalue weighted by Gasteiger charge is -2.15. The molecular formula is C10H16O7. The van der Waals surface area contributed by atoms with Crippen LogP contribution in [0.15, 0.2) is 11.8 Å². The molecule has 17 heavy (non-hydrogen) atoms. The van der Waals surface area contributed by atoms with E-state index >= 15 is 0 Å². The molecule has 1 N–H and O–H groups in total. The van der Waals surface area contributed by atoms with E-state index in [4.69, 9.17) is 9.99 Å². The molecule has 0 aliphatic carbocycles. The van der Waals surface area contributed by atoms with Crippen molar-refractivity contribution < 1.29 is 33.9 Å². The zero-order valence-corrected chi connectivity index (χ0v) is 10.2. The molecular weight excluding hydrogens is 232 g/mol. The highest BCUT2D eigenvalue weighted by Crippen LogP contribution is 2.08. The fraction of sp³-hybridized carbons (Fsp3) is 0.600. The number of hydrogen-bond acceptors (Lipinski definition) is 6. The first-order valence-electron chi connectivity index (χ1n) is 4.76. The van der Waals surface area contributed by atoms with E-state index in [2.05, 4.69) is 14.4 Å². The van der Waals surface area contributed by atoms with Gasteiger partial charge in [0.05, 0.1) is 5.57 Å². The molecule has 0 spiro atoms. The van der Waals surface area contributed by atoms with Gasteiger partial charge in [0.15, 0.2) is 0 Å². The van der Waals surface area contributed by atoms with Crippen molar-refractivity contribution in [1.29, 1.82) is 0 Å². The Balaban J connectivity index is 3.95. The van der Waals surface area contributed by atoms with Gasteiger partial charge in [-0.2, -0.15) is 4.89 Å². The van der Waals surface area contributed by atoms with Crippen LogP contribution in [0, 0.1) is 0 Å². The summed E-state index contributed by atoms with van der Waals surface area (Å²) in [6, 6.07) is 0. The number of rotatable bonds is 5. The van der Waals surface area contributed by atoms with E-state index in [1.807, 2.05) is 0 Å². The van der Waals surface area contributed by atoms with Crippen LogP contribution in [0.25, 0.3) is 0 Å². The summed E-state index contributed by atoms with van der Waals surface area (Å²) in [5.41, 5.74) is -0.393. The zero-order chi connectivity index (χ0) is 13.5. The molecule has 7 nitrogen and oxygen atoms in total. The van der Waals surface area contributed by atoms with Gasteiger partial charge in [-0.1, -0.05) is 0 Å². The molecule has 0 aliphatic rings. The molecule has 0 saturated carbocycles. The minimum absolute atomic E-state index is 0.114. The molecule has 0 amide bonds. The molecule has 7 heteroatoms. The average Bonchev–Trinajstić information content (AvgIpc) is 2.14. The van der Waals surface area contributed by atoms with Crippen molar-refractivity contribution in [3.05, 3.63) is 11.8 Å². The van der Waals surface area contributed by atoms with Crippen LogP contribution in [0.1, 0.15) is 27.7 Å². The Hall–Kier alpha value is -1.76. The number of carbonyl (C=O) groups excluding carboxylic acids is 1. The van der Waals surface area contributed by atoms with Crippen LogP contribution in [-0.4, -0.2) is 29.6 Å². The summed E-state index contributed by atoms with van der Waals surface area (Å²) in [7, 11) is 0. The predicted molar refractivity (Wildman–Crippen MR) is 55.7 cm³/mol. The van der Waals surface area contributed by atoms with E-state index in [9.17, 15) is 9.59 Å². The first-order chi connectivity index (χ1) is 7.72. The lowest BCUT2D eigenvalue weighted by molar-refractivity contribution is -0.311. The molecule has 0 aromatic rings. The first-order valence-corrected chi connectivity index (χ1v) is 4.76. The molecule has 0 bridgehead atoms. The second-order valence-corrected chi connectivity index (χ2v) is 4.05. The van der Waals surface area contributed by atoms with E-state index in [0.717, 1.165) is 6.26 Å². The second kappa shape index (κ2) is 6.74. The first kappa shape index (κ1) is 15.2. The average molecular weight is 248 g/mol. The Morgan fingerprint density at radius 1 is 1.24 bits per heavy atom. The monoisotopic (exact) mass is 248 g/mol. The molecule has 98 valence electrons. The standard InChI is InChI=1S/C10H16O7/c1-7(5-16-17-10(2,3)4)8(11)14-6-15-9(12)13/h5H,6H2,1-4H3,(H,12,13). The van der Waals surface area contributed by atoms with E-state index in [1.165, 1.54) is 6.92 Å². The number of ether oxygens (including phenoxy) is 2. The van der Waals surface area contributed by atoms with Crippen LogP contribution in [-0.2, 0) is 24.0 Å². The van der Waals surface area contributed by atoms with Crippen molar-refractivity contribution >= 4 is 12.1 Å². The van der Waals surface area contributed by atoms with Gasteiger partial charge in [-0.25, -0.2) is 9.59 Å². The van der Waals surface area contributed by atoms with Crippen molar-refractivity contribution in [1.82, 2.24) is 0 Å². The largest absolute Gasteiger partial charge is 0.508 e. The van der Waals surface area contributed by atoms with Crippen molar-refractivity contribution in [3.8, 4) is 0 Å². The van der Waals surface area contributed by atoms with E-state index in [0.29, 0.717) is 0 Å². The van der Waals surface area contributed by atoms with E-state index in [1.54, 1.807) is 20.8 Å². The van der Waals surface area contributed by atoms with Crippen LogP contribution in [0.5, 0.6) is 0 Å². The molecule has 0 aromatic heterocycles. The maximum Gasteiger partial charge on any atom is 0.508 e. The molecule has 0 saturated heterocycles. The molecule has 0 radical (unpaired) electrons. The Bertz CT molecular complexity index is 300. The maximum atomic E-state index is 11.2. The lowest BCUT2D eigenvalue weighted by atomic mass is 10.2. The van der Waals surface area contributed by atoms with Gasteiger partial charge in [-0.3, -0.25) is 0 Å². The normalized spacial score (nSPS) is 11.9. The van der Waals surface area contributed by atoms with Crippen LogP contribution < -0.4 is 0 Å². The number of hydrogen-bond donors (Lipinski definition) is 1. The summed E-state index contributed by atoms with van der Waals surface area (Å²) in [6.45, 7) is 6.08. The molecule has 0 rings (SSSR count). The Kier molecular flexibility index (Phi) is 6.05. The smallest absolute Gasteiger partial charge is 0.450 e. The molecule has 0 fully saturated rings. The van der Waals surface area contributed by atoms with Crippen LogP contribution >= 0.6 is 0 Å². The Morgan fingerprint density at radius 2 is 1.82 bits per heavy atom. The third-order valence-corrected chi connectivity index (χ3v) is 1.22. The Labute approximate surface area is 98.8 Å². The predicted octanol–water partition coefficient (Wildman–Crippen LogP) is 1.83. The van der Waals surface area contributed by atoms with Gasteiger partial charge in [-0.15, -0.1) is 0 Å². The van der Waals surface area contributed by atoms with Gasteiger partial charge in [0.1, 0.15) is 11.9 Å². The molecule has 0 aliphatic heterocycles.